The van der Waals surface area contributed by atoms with Crippen molar-refractivity contribution in [2.75, 3.05) is 40.3 Å². The summed E-state index contributed by atoms with van der Waals surface area (Å²) in [4.78, 5) is 31.4. The van der Waals surface area contributed by atoms with Crippen molar-refractivity contribution in [1.82, 2.24) is 14.7 Å². The van der Waals surface area contributed by atoms with Crippen molar-refractivity contribution in [2.24, 2.45) is 5.92 Å². The largest absolute Gasteiger partial charge is 0.480 e. The number of carbonyl (C=O) groups is 2. The van der Waals surface area contributed by atoms with E-state index in [1.54, 1.807) is 20.0 Å². The fourth-order valence-electron chi connectivity index (χ4n) is 4.36. The number of carbonyl (C=O) groups excluding carboxylic acids is 1. The van der Waals surface area contributed by atoms with Gasteiger partial charge in [0.15, 0.2) is 0 Å². The highest BCUT2D eigenvalue weighted by Crippen LogP contribution is 2.48. The fraction of sp³-hybridized carbons (Fsp3) is 0.600. The van der Waals surface area contributed by atoms with Crippen molar-refractivity contribution in [3.8, 4) is 0 Å². The number of hydrogen-bond donors (Lipinski definition) is 1. The molecule has 27 heavy (non-hydrogen) atoms. The molecule has 0 aliphatic carbocycles. The van der Waals surface area contributed by atoms with Crippen molar-refractivity contribution in [3.63, 3.8) is 0 Å². The molecule has 3 atom stereocenters. The zero-order valence-corrected chi connectivity index (χ0v) is 16.9. The van der Waals surface area contributed by atoms with Crippen molar-refractivity contribution in [1.29, 1.82) is 0 Å². The van der Waals surface area contributed by atoms with E-state index in [0.29, 0.717) is 18.1 Å². The maximum absolute atomic E-state index is 13.5. The molecule has 0 bridgehead atoms. The summed E-state index contributed by atoms with van der Waals surface area (Å²) in [6, 6.07) is 7.07. The van der Waals surface area contributed by atoms with Gasteiger partial charge in [0.2, 0.25) is 5.91 Å². The lowest BCUT2D eigenvalue weighted by atomic mass is 9.89. The second-order valence-corrected chi connectivity index (χ2v) is 8.36. The minimum atomic E-state index is -1.10. The number of likely N-dealkylation sites (N-methyl/N-ethyl adjacent to an activating group) is 2. The first-order chi connectivity index (χ1) is 12.8. The van der Waals surface area contributed by atoms with Gasteiger partial charge in [-0.25, -0.2) is 0 Å². The van der Waals surface area contributed by atoms with Crippen molar-refractivity contribution < 1.29 is 14.7 Å². The van der Waals surface area contributed by atoms with Gasteiger partial charge >= 0.3 is 5.97 Å². The highest BCUT2D eigenvalue weighted by molar-refractivity contribution is 6.31. The Hall–Kier alpha value is -1.63. The Morgan fingerprint density at radius 1 is 1.15 bits per heavy atom. The Morgan fingerprint density at radius 3 is 2.52 bits per heavy atom. The predicted molar refractivity (Wildman–Crippen MR) is 105 cm³/mol. The maximum atomic E-state index is 13.5. The predicted octanol–water partition coefficient (Wildman–Crippen LogP) is 2.34. The van der Waals surface area contributed by atoms with E-state index in [9.17, 15) is 14.7 Å². The van der Waals surface area contributed by atoms with Gasteiger partial charge in [0.25, 0.3) is 0 Å². The number of halogens is 1. The Balaban J connectivity index is 1.96. The lowest BCUT2D eigenvalue weighted by Crippen LogP contribution is -2.46. The van der Waals surface area contributed by atoms with Crippen LogP contribution in [0.2, 0.25) is 5.02 Å². The molecular formula is C20H28ClN3O3. The molecule has 0 radical (unpaired) electrons. The van der Waals surface area contributed by atoms with E-state index in [0.717, 1.165) is 25.1 Å². The SMILES string of the molecule is CN1CCCN(C(=O)[C@H]2C[C@@](C)(C(=O)O)N(C)[C@H]2c2ccccc2Cl)CC1. The van der Waals surface area contributed by atoms with Gasteiger partial charge in [-0.2, -0.15) is 0 Å². The number of likely N-dealkylation sites (tertiary alicyclic amines) is 1. The Kier molecular flexibility index (Phi) is 5.79. The number of carboxylic acid groups (broad SMARTS) is 1. The zero-order chi connectivity index (χ0) is 19.8. The smallest absolute Gasteiger partial charge is 0.323 e. The van der Waals surface area contributed by atoms with Crippen LogP contribution in [0, 0.1) is 5.92 Å². The van der Waals surface area contributed by atoms with E-state index < -0.39 is 17.4 Å². The molecule has 2 aliphatic heterocycles. The van der Waals surface area contributed by atoms with Crippen molar-refractivity contribution in [2.45, 2.75) is 31.3 Å². The second kappa shape index (κ2) is 7.78. The van der Waals surface area contributed by atoms with Crippen molar-refractivity contribution >= 4 is 23.5 Å². The van der Waals surface area contributed by atoms with E-state index in [-0.39, 0.29) is 18.4 Å². The molecule has 3 rings (SSSR count). The van der Waals surface area contributed by atoms with Gasteiger partial charge in [0.05, 0.1) is 5.92 Å². The van der Waals surface area contributed by atoms with Gasteiger partial charge in [0, 0.05) is 30.7 Å². The van der Waals surface area contributed by atoms with Crippen LogP contribution < -0.4 is 0 Å². The van der Waals surface area contributed by atoms with Gasteiger partial charge < -0.3 is 14.9 Å². The summed E-state index contributed by atoms with van der Waals surface area (Å²) in [5.41, 5.74) is -0.288. The summed E-state index contributed by atoms with van der Waals surface area (Å²) in [6.07, 6.45) is 1.21. The van der Waals surface area contributed by atoms with Crippen LogP contribution in [0.15, 0.2) is 24.3 Å². The van der Waals surface area contributed by atoms with E-state index in [1.165, 1.54) is 0 Å². The first-order valence-electron chi connectivity index (χ1n) is 9.44. The van der Waals surface area contributed by atoms with E-state index >= 15 is 0 Å². The quantitative estimate of drug-likeness (QED) is 0.853. The number of rotatable bonds is 3. The molecule has 0 saturated carbocycles. The highest BCUT2D eigenvalue weighted by atomic mass is 35.5. The highest BCUT2D eigenvalue weighted by Gasteiger charge is 2.55. The van der Waals surface area contributed by atoms with Crippen LogP contribution in [-0.4, -0.2) is 77.5 Å². The summed E-state index contributed by atoms with van der Waals surface area (Å²) in [5.74, 6) is -1.31. The number of carboxylic acids is 1. The first-order valence-corrected chi connectivity index (χ1v) is 9.81. The average molecular weight is 394 g/mol. The third-order valence-electron chi connectivity index (χ3n) is 6.23. The van der Waals surface area contributed by atoms with Crippen LogP contribution in [0.1, 0.15) is 31.4 Å². The van der Waals surface area contributed by atoms with Crippen LogP contribution in [-0.2, 0) is 9.59 Å². The monoisotopic (exact) mass is 393 g/mol. The molecule has 7 heteroatoms. The molecule has 1 aromatic rings. The van der Waals surface area contributed by atoms with Gasteiger partial charge in [-0.05, 0) is 52.0 Å². The van der Waals surface area contributed by atoms with Crippen LogP contribution in [0.4, 0.5) is 0 Å². The molecule has 1 amide bonds. The lowest BCUT2D eigenvalue weighted by molar-refractivity contribution is -0.148. The topological polar surface area (TPSA) is 64.1 Å². The van der Waals surface area contributed by atoms with Crippen LogP contribution in [0.5, 0.6) is 0 Å². The van der Waals surface area contributed by atoms with Gasteiger partial charge in [0.1, 0.15) is 5.54 Å². The first kappa shape index (κ1) is 20.1. The summed E-state index contributed by atoms with van der Waals surface area (Å²) in [5, 5.41) is 10.4. The summed E-state index contributed by atoms with van der Waals surface area (Å²) in [7, 11) is 3.84. The molecule has 2 heterocycles. The van der Waals surface area contributed by atoms with E-state index in [1.807, 2.05) is 28.0 Å². The minimum Gasteiger partial charge on any atom is -0.480 e. The van der Waals surface area contributed by atoms with Crippen LogP contribution in [0.25, 0.3) is 0 Å². The molecule has 1 N–H and O–H groups in total. The standard InChI is InChI=1S/C20H28ClN3O3/c1-20(19(26)27)13-15(18(25)24-10-6-9-22(2)11-12-24)17(23(20)3)14-7-4-5-8-16(14)21/h4-5,7-8,15,17H,6,9-13H2,1-3H3,(H,26,27)/t15-,17-,20-/m0/s1. The molecule has 0 spiro atoms. The average Bonchev–Trinajstić information content (AvgIpc) is 2.77. The van der Waals surface area contributed by atoms with E-state index in [4.69, 9.17) is 11.6 Å². The normalized spacial score (nSPS) is 30.3. The molecule has 2 fully saturated rings. The molecular weight excluding hydrogens is 366 g/mol. The lowest BCUT2D eigenvalue weighted by Gasteiger charge is -2.33. The van der Waals surface area contributed by atoms with Gasteiger partial charge in [-0.15, -0.1) is 0 Å². The Bertz CT molecular complexity index is 728. The van der Waals surface area contributed by atoms with Gasteiger partial charge in [-0.1, -0.05) is 29.8 Å². The van der Waals surface area contributed by atoms with Crippen molar-refractivity contribution in [3.05, 3.63) is 34.9 Å². The Labute approximate surface area is 165 Å². The Morgan fingerprint density at radius 2 is 1.85 bits per heavy atom. The van der Waals surface area contributed by atoms with Crippen LogP contribution >= 0.6 is 11.6 Å². The summed E-state index contributed by atoms with van der Waals surface area (Å²) < 4.78 is 0. The molecule has 2 saturated heterocycles. The fourth-order valence-corrected chi connectivity index (χ4v) is 4.61. The maximum Gasteiger partial charge on any atom is 0.323 e. The minimum absolute atomic E-state index is 0.0343. The molecule has 2 aliphatic rings. The number of aliphatic carboxylic acids is 1. The van der Waals surface area contributed by atoms with Gasteiger partial charge in [-0.3, -0.25) is 14.5 Å². The third kappa shape index (κ3) is 3.71. The molecule has 0 unspecified atom stereocenters. The second-order valence-electron chi connectivity index (χ2n) is 7.95. The number of hydrogen-bond acceptors (Lipinski definition) is 4. The molecule has 6 nitrogen and oxygen atoms in total. The number of benzene rings is 1. The zero-order valence-electron chi connectivity index (χ0n) is 16.2. The number of amides is 1. The molecule has 148 valence electrons. The third-order valence-corrected chi connectivity index (χ3v) is 6.57. The molecule has 0 aromatic heterocycles. The van der Waals surface area contributed by atoms with E-state index in [2.05, 4.69) is 11.9 Å². The summed E-state index contributed by atoms with van der Waals surface area (Å²) in [6.45, 7) is 4.88. The molecule has 1 aromatic carbocycles. The van der Waals surface area contributed by atoms with Crippen LogP contribution in [0.3, 0.4) is 0 Å². The number of nitrogens with zero attached hydrogens (tertiary/aromatic N) is 3. The summed E-state index contributed by atoms with van der Waals surface area (Å²) >= 11 is 6.44.